The predicted octanol–water partition coefficient (Wildman–Crippen LogP) is 1.17. The number of carbonyl (C=O) groups excluding carboxylic acids is 1. The van der Waals surface area contributed by atoms with Gasteiger partial charge >= 0.3 is 6.18 Å². The van der Waals surface area contributed by atoms with Gasteiger partial charge in [0.2, 0.25) is 5.91 Å². The predicted molar refractivity (Wildman–Crippen MR) is 75.0 cm³/mol. The van der Waals surface area contributed by atoms with Crippen LogP contribution in [0.5, 0.6) is 0 Å². The van der Waals surface area contributed by atoms with E-state index in [2.05, 4.69) is 20.4 Å². The molecule has 23 heavy (non-hydrogen) atoms. The van der Waals surface area contributed by atoms with E-state index < -0.39 is 12.0 Å². The van der Waals surface area contributed by atoms with Gasteiger partial charge in [-0.15, -0.1) is 5.10 Å². The number of aryl methyl sites for hydroxylation is 1. The van der Waals surface area contributed by atoms with Crippen molar-refractivity contribution in [1.82, 2.24) is 24.9 Å². The van der Waals surface area contributed by atoms with Crippen LogP contribution in [0.3, 0.4) is 0 Å². The summed E-state index contributed by atoms with van der Waals surface area (Å²) >= 11 is 0. The van der Waals surface area contributed by atoms with Crippen LogP contribution in [0.1, 0.15) is 24.9 Å². The van der Waals surface area contributed by atoms with Crippen molar-refractivity contribution in [2.75, 3.05) is 18.0 Å². The number of nitrogens with zero attached hydrogens (tertiary/aromatic N) is 5. The Bertz CT molecular complexity index is 756. The average molecular weight is 328 g/mol. The zero-order chi connectivity index (χ0) is 16.8. The van der Waals surface area contributed by atoms with E-state index in [1.165, 1.54) is 0 Å². The first-order valence-corrected chi connectivity index (χ1v) is 7.10. The molecule has 2 aromatic rings. The van der Waals surface area contributed by atoms with Crippen LogP contribution in [0, 0.1) is 6.92 Å². The van der Waals surface area contributed by atoms with Gasteiger partial charge in [0.05, 0.1) is 0 Å². The summed E-state index contributed by atoms with van der Waals surface area (Å²) in [5.74, 6) is -0.979. The van der Waals surface area contributed by atoms with Crippen LogP contribution in [0.15, 0.2) is 6.07 Å². The molecule has 0 aliphatic carbocycles. The molecule has 7 nitrogen and oxygen atoms in total. The molecule has 2 aromatic heterocycles. The van der Waals surface area contributed by atoms with E-state index in [4.69, 9.17) is 0 Å². The van der Waals surface area contributed by atoms with Crippen LogP contribution in [-0.4, -0.2) is 44.6 Å². The highest BCUT2D eigenvalue weighted by Gasteiger charge is 2.37. The fourth-order valence-electron chi connectivity index (χ4n) is 2.62. The largest absolute Gasteiger partial charge is 0.453 e. The molecule has 1 N–H and O–H groups in total. The Balaban J connectivity index is 2.12. The van der Waals surface area contributed by atoms with Crippen molar-refractivity contribution < 1.29 is 18.0 Å². The van der Waals surface area contributed by atoms with E-state index in [0.29, 0.717) is 24.6 Å². The summed E-state index contributed by atoms with van der Waals surface area (Å²) in [5, 5.41) is 6.30. The number of halogens is 3. The second kappa shape index (κ2) is 5.36. The fraction of sp³-hybridized carbons (Fsp3) is 0.538. The van der Waals surface area contributed by atoms with Gasteiger partial charge in [-0.1, -0.05) is 0 Å². The van der Waals surface area contributed by atoms with E-state index in [0.717, 1.165) is 4.52 Å². The van der Waals surface area contributed by atoms with Crippen LogP contribution in [0.2, 0.25) is 0 Å². The Morgan fingerprint density at radius 2 is 2.09 bits per heavy atom. The second-order valence-corrected chi connectivity index (χ2v) is 5.50. The first-order chi connectivity index (χ1) is 10.8. The summed E-state index contributed by atoms with van der Waals surface area (Å²) in [4.78, 5) is 20.9. The number of aromatic nitrogens is 4. The monoisotopic (exact) mass is 328 g/mol. The summed E-state index contributed by atoms with van der Waals surface area (Å²) in [6.07, 6.45) is -4.38. The summed E-state index contributed by atoms with van der Waals surface area (Å²) in [5.41, 5.74) is 0.532. The molecule has 3 heterocycles. The van der Waals surface area contributed by atoms with E-state index in [9.17, 15) is 18.0 Å². The number of hydrogen-bond donors (Lipinski definition) is 1. The van der Waals surface area contributed by atoms with E-state index in [1.54, 1.807) is 13.0 Å². The minimum atomic E-state index is -4.64. The Hall–Kier alpha value is -2.39. The number of amides is 1. The van der Waals surface area contributed by atoms with Crippen molar-refractivity contribution in [2.45, 2.75) is 32.5 Å². The van der Waals surface area contributed by atoms with Crippen molar-refractivity contribution in [3.8, 4) is 0 Å². The number of nitrogens with one attached hydrogen (secondary N) is 1. The summed E-state index contributed by atoms with van der Waals surface area (Å²) in [6.45, 7) is 4.39. The Morgan fingerprint density at radius 1 is 1.35 bits per heavy atom. The molecule has 1 amide bonds. The lowest BCUT2D eigenvalue weighted by atomic mass is 10.2. The van der Waals surface area contributed by atoms with Gasteiger partial charge in [-0.05, 0) is 13.8 Å². The number of rotatable bonds is 1. The average Bonchev–Trinajstić information content (AvgIpc) is 2.79. The minimum Gasteiger partial charge on any atom is -0.354 e. The summed E-state index contributed by atoms with van der Waals surface area (Å²) < 4.78 is 39.7. The van der Waals surface area contributed by atoms with E-state index in [1.807, 2.05) is 11.8 Å². The quantitative estimate of drug-likeness (QED) is 0.850. The Morgan fingerprint density at radius 3 is 2.78 bits per heavy atom. The van der Waals surface area contributed by atoms with Gasteiger partial charge in [0, 0.05) is 37.3 Å². The van der Waals surface area contributed by atoms with Crippen molar-refractivity contribution >= 4 is 17.5 Å². The van der Waals surface area contributed by atoms with E-state index in [-0.39, 0.29) is 24.1 Å². The third-order valence-electron chi connectivity index (χ3n) is 3.66. The Kier molecular flexibility index (Phi) is 3.61. The standard InChI is InChI=1S/C13H15F3N6O/c1-7-5-10(21-4-3-17-9(23)6-8(21)2)22-12(18-7)19-11(20-22)13(14,15)16/h5,8H,3-4,6H2,1-2H3,(H,17,23)/t8-/m0/s1. The van der Waals surface area contributed by atoms with Gasteiger partial charge in [-0.3, -0.25) is 4.79 Å². The zero-order valence-electron chi connectivity index (χ0n) is 12.6. The molecule has 1 atom stereocenters. The normalized spacial score (nSPS) is 19.8. The summed E-state index contributed by atoms with van der Waals surface area (Å²) in [6, 6.07) is 1.47. The van der Waals surface area contributed by atoms with Crippen LogP contribution in [-0.2, 0) is 11.0 Å². The molecule has 0 radical (unpaired) electrons. The zero-order valence-corrected chi connectivity index (χ0v) is 12.6. The smallest absolute Gasteiger partial charge is 0.354 e. The molecule has 0 saturated carbocycles. The molecule has 0 unspecified atom stereocenters. The Labute approximate surface area is 129 Å². The van der Waals surface area contributed by atoms with Crippen LogP contribution < -0.4 is 10.2 Å². The molecule has 3 rings (SSSR count). The number of carbonyl (C=O) groups is 1. The molecule has 0 spiro atoms. The maximum atomic E-state index is 12.9. The fourth-order valence-corrected chi connectivity index (χ4v) is 2.62. The molecule has 0 bridgehead atoms. The van der Waals surface area contributed by atoms with Crippen molar-refractivity contribution in [2.24, 2.45) is 0 Å². The number of hydrogen-bond acceptors (Lipinski definition) is 5. The van der Waals surface area contributed by atoms with Crippen molar-refractivity contribution in [3.63, 3.8) is 0 Å². The molecule has 1 aliphatic rings. The van der Waals surface area contributed by atoms with Gasteiger partial charge in [-0.2, -0.15) is 22.7 Å². The lowest BCUT2D eigenvalue weighted by molar-refractivity contribution is -0.144. The molecule has 10 heteroatoms. The van der Waals surface area contributed by atoms with Gasteiger partial charge in [-0.25, -0.2) is 4.98 Å². The topological polar surface area (TPSA) is 75.4 Å². The molecular weight excluding hydrogens is 313 g/mol. The van der Waals surface area contributed by atoms with Gasteiger partial charge < -0.3 is 10.2 Å². The van der Waals surface area contributed by atoms with Crippen LogP contribution in [0.25, 0.3) is 5.78 Å². The first kappa shape index (κ1) is 15.5. The number of fused-ring (bicyclic) bond motifs is 1. The molecular formula is C13H15F3N6O. The van der Waals surface area contributed by atoms with Gasteiger partial charge in [0.25, 0.3) is 11.6 Å². The van der Waals surface area contributed by atoms with Gasteiger partial charge in [0.15, 0.2) is 0 Å². The van der Waals surface area contributed by atoms with Crippen LogP contribution in [0.4, 0.5) is 19.0 Å². The SMILES string of the molecule is Cc1cc(N2CCNC(=O)C[C@@H]2C)n2nc(C(F)(F)F)nc2n1. The second-order valence-electron chi connectivity index (χ2n) is 5.50. The lowest BCUT2D eigenvalue weighted by Gasteiger charge is -2.28. The molecule has 1 fully saturated rings. The number of alkyl halides is 3. The van der Waals surface area contributed by atoms with E-state index >= 15 is 0 Å². The third-order valence-corrected chi connectivity index (χ3v) is 3.66. The molecule has 1 aliphatic heterocycles. The summed E-state index contributed by atoms with van der Waals surface area (Å²) in [7, 11) is 0. The highest BCUT2D eigenvalue weighted by Crippen LogP contribution is 2.28. The maximum Gasteiger partial charge on any atom is 0.453 e. The van der Waals surface area contributed by atoms with Crippen molar-refractivity contribution in [3.05, 3.63) is 17.6 Å². The highest BCUT2D eigenvalue weighted by molar-refractivity contribution is 5.77. The maximum absolute atomic E-state index is 12.9. The molecule has 0 aromatic carbocycles. The lowest BCUT2D eigenvalue weighted by Crippen LogP contribution is -2.36. The molecule has 124 valence electrons. The number of anilines is 1. The third kappa shape index (κ3) is 2.92. The van der Waals surface area contributed by atoms with Crippen LogP contribution >= 0.6 is 0 Å². The molecule has 1 saturated heterocycles. The minimum absolute atomic E-state index is 0.0865. The first-order valence-electron chi connectivity index (χ1n) is 7.10. The van der Waals surface area contributed by atoms with Gasteiger partial charge in [0.1, 0.15) is 5.82 Å². The highest BCUT2D eigenvalue weighted by atomic mass is 19.4. The van der Waals surface area contributed by atoms with Crippen molar-refractivity contribution in [1.29, 1.82) is 0 Å².